The van der Waals surface area contributed by atoms with Crippen LogP contribution in [-0.2, 0) is 0 Å². The number of benzene rings is 1. The van der Waals surface area contributed by atoms with Crippen molar-refractivity contribution in [2.75, 3.05) is 17.7 Å². The van der Waals surface area contributed by atoms with Gasteiger partial charge in [-0.05, 0) is 12.8 Å². The Morgan fingerprint density at radius 3 is 2.71 bits per heavy atom. The van der Waals surface area contributed by atoms with Crippen LogP contribution in [0.3, 0.4) is 0 Å². The first-order valence-corrected chi connectivity index (χ1v) is 6.92. The number of alkyl halides is 2. The summed E-state index contributed by atoms with van der Waals surface area (Å²) in [7, 11) is 0. The van der Waals surface area contributed by atoms with Gasteiger partial charge in [-0.25, -0.2) is 4.39 Å². The van der Waals surface area contributed by atoms with Crippen LogP contribution in [0, 0.1) is 11.7 Å². The SMILES string of the molecule is Nc1cc(F)c(OC(F)F)cc1NC1CCCCC1CO. The molecule has 1 saturated carbocycles. The third-order valence-electron chi connectivity index (χ3n) is 3.80. The minimum absolute atomic E-state index is 0.0177. The van der Waals surface area contributed by atoms with E-state index < -0.39 is 18.2 Å². The van der Waals surface area contributed by atoms with Gasteiger partial charge in [-0.15, -0.1) is 0 Å². The second kappa shape index (κ2) is 6.89. The maximum atomic E-state index is 13.5. The van der Waals surface area contributed by atoms with E-state index in [1.807, 2.05) is 0 Å². The Morgan fingerprint density at radius 1 is 1.33 bits per heavy atom. The maximum absolute atomic E-state index is 13.5. The van der Waals surface area contributed by atoms with E-state index >= 15 is 0 Å². The number of hydrogen-bond donors (Lipinski definition) is 3. The smallest absolute Gasteiger partial charge is 0.387 e. The van der Waals surface area contributed by atoms with Crippen LogP contribution >= 0.6 is 0 Å². The van der Waals surface area contributed by atoms with Gasteiger partial charge in [-0.1, -0.05) is 12.8 Å². The molecule has 0 heterocycles. The highest BCUT2D eigenvalue weighted by atomic mass is 19.3. The molecule has 0 spiro atoms. The molecule has 0 radical (unpaired) electrons. The number of nitrogens with one attached hydrogen (secondary N) is 1. The Kier molecular flexibility index (Phi) is 5.17. The van der Waals surface area contributed by atoms with Crippen LogP contribution in [-0.4, -0.2) is 24.4 Å². The number of nitrogens with two attached hydrogens (primary N) is 1. The largest absolute Gasteiger partial charge is 0.432 e. The number of hydrogen-bond acceptors (Lipinski definition) is 4. The minimum Gasteiger partial charge on any atom is -0.432 e. The zero-order valence-corrected chi connectivity index (χ0v) is 11.5. The molecule has 0 aromatic heterocycles. The Hall–Kier alpha value is -1.63. The van der Waals surface area contributed by atoms with Crippen molar-refractivity contribution >= 4 is 11.4 Å². The minimum atomic E-state index is -3.10. The van der Waals surface area contributed by atoms with Gasteiger partial charge in [0.25, 0.3) is 0 Å². The molecule has 21 heavy (non-hydrogen) atoms. The highest BCUT2D eigenvalue weighted by Crippen LogP contribution is 2.33. The molecule has 4 nitrogen and oxygen atoms in total. The molecule has 0 amide bonds. The molecular formula is C14H19F3N2O2. The third-order valence-corrected chi connectivity index (χ3v) is 3.80. The van der Waals surface area contributed by atoms with E-state index in [9.17, 15) is 18.3 Å². The fraction of sp³-hybridized carbons (Fsp3) is 0.571. The van der Waals surface area contributed by atoms with E-state index in [0.717, 1.165) is 37.8 Å². The summed E-state index contributed by atoms with van der Waals surface area (Å²) in [6, 6.07) is 2.08. The molecule has 1 fully saturated rings. The van der Waals surface area contributed by atoms with E-state index in [2.05, 4.69) is 10.1 Å². The summed E-state index contributed by atoms with van der Waals surface area (Å²) in [5.74, 6) is -1.40. The van der Waals surface area contributed by atoms with Crippen LogP contribution in [0.25, 0.3) is 0 Å². The van der Waals surface area contributed by atoms with Crippen LogP contribution in [0.1, 0.15) is 25.7 Å². The quantitative estimate of drug-likeness (QED) is 0.732. The Bertz CT molecular complexity index is 486. The van der Waals surface area contributed by atoms with Gasteiger partial charge in [0.1, 0.15) is 0 Å². The molecule has 2 unspecified atom stereocenters. The number of rotatable bonds is 5. The molecule has 7 heteroatoms. The number of halogens is 3. The predicted octanol–water partition coefficient (Wildman–Crippen LogP) is 2.97. The van der Waals surface area contributed by atoms with Crippen molar-refractivity contribution in [3.8, 4) is 5.75 Å². The molecule has 118 valence electrons. The van der Waals surface area contributed by atoms with Crippen LogP contribution in [0.5, 0.6) is 5.75 Å². The molecule has 2 atom stereocenters. The van der Waals surface area contributed by atoms with Crippen molar-refractivity contribution in [1.29, 1.82) is 0 Å². The van der Waals surface area contributed by atoms with Gasteiger partial charge >= 0.3 is 6.61 Å². The summed E-state index contributed by atoms with van der Waals surface area (Å²) >= 11 is 0. The molecule has 0 saturated heterocycles. The van der Waals surface area contributed by atoms with Crippen molar-refractivity contribution in [2.45, 2.75) is 38.3 Å². The third kappa shape index (κ3) is 3.93. The molecule has 4 N–H and O–H groups in total. The standard InChI is InChI=1S/C14H19F3N2O2/c15-9-5-10(18)12(6-13(9)21-14(16)17)19-11-4-2-1-3-8(11)7-20/h5-6,8,11,14,19-20H,1-4,7,18H2. The maximum Gasteiger partial charge on any atom is 0.387 e. The summed E-state index contributed by atoms with van der Waals surface area (Å²) in [6.45, 7) is -3.06. The Morgan fingerprint density at radius 2 is 2.05 bits per heavy atom. The van der Waals surface area contributed by atoms with Gasteiger partial charge in [0, 0.05) is 30.7 Å². The molecule has 1 aromatic carbocycles. The van der Waals surface area contributed by atoms with E-state index in [4.69, 9.17) is 5.73 Å². The van der Waals surface area contributed by atoms with E-state index in [1.165, 1.54) is 0 Å². The van der Waals surface area contributed by atoms with Gasteiger partial charge in [0.15, 0.2) is 11.6 Å². The van der Waals surface area contributed by atoms with Gasteiger partial charge in [0.2, 0.25) is 0 Å². The molecule has 2 rings (SSSR count). The fourth-order valence-corrected chi connectivity index (χ4v) is 2.70. The Labute approximate surface area is 121 Å². The zero-order chi connectivity index (χ0) is 15.4. The van der Waals surface area contributed by atoms with Crippen LogP contribution in [0.15, 0.2) is 12.1 Å². The van der Waals surface area contributed by atoms with Crippen molar-refractivity contribution in [2.24, 2.45) is 5.92 Å². The van der Waals surface area contributed by atoms with Gasteiger partial charge in [-0.2, -0.15) is 8.78 Å². The predicted molar refractivity (Wildman–Crippen MR) is 73.9 cm³/mol. The highest BCUT2D eigenvalue weighted by molar-refractivity contribution is 5.69. The number of anilines is 2. The molecule has 1 aliphatic rings. The number of aliphatic hydroxyl groups excluding tert-OH is 1. The first-order valence-electron chi connectivity index (χ1n) is 6.92. The zero-order valence-electron chi connectivity index (χ0n) is 11.5. The number of ether oxygens (including phenoxy) is 1. The lowest BCUT2D eigenvalue weighted by molar-refractivity contribution is -0.0521. The lowest BCUT2D eigenvalue weighted by atomic mass is 9.85. The summed E-state index contributed by atoms with van der Waals surface area (Å²) in [5, 5.41) is 12.5. The van der Waals surface area contributed by atoms with Crippen molar-refractivity contribution < 1.29 is 23.0 Å². The summed E-state index contributed by atoms with van der Waals surface area (Å²) < 4.78 is 42.1. The average molecular weight is 304 g/mol. The van der Waals surface area contributed by atoms with Crippen molar-refractivity contribution in [3.05, 3.63) is 17.9 Å². The van der Waals surface area contributed by atoms with Gasteiger partial charge < -0.3 is 20.9 Å². The molecule has 1 aliphatic carbocycles. The first kappa shape index (κ1) is 15.8. The van der Waals surface area contributed by atoms with Crippen molar-refractivity contribution in [1.82, 2.24) is 0 Å². The van der Waals surface area contributed by atoms with Crippen LogP contribution in [0.4, 0.5) is 24.5 Å². The summed E-state index contributed by atoms with van der Waals surface area (Å²) in [5.41, 5.74) is 6.18. The molecule has 0 aliphatic heterocycles. The topological polar surface area (TPSA) is 67.5 Å². The monoisotopic (exact) mass is 304 g/mol. The summed E-state index contributed by atoms with van der Waals surface area (Å²) in [6.07, 6.45) is 3.78. The first-order chi connectivity index (χ1) is 10.0. The average Bonchev–Trinajstić information content (AvgIpc) is 2.44. The second-order valence-electron chi connectivity index (χ2n) is 5.23. The molecular weight excluding hydrogens is 285 g/mol. The summed E-state index contributed by atoms with van der Waals surface area (Å²) in [4.78, 5) is 0. The van der Waals surface area contributed by atoms with E-state index in [0.29, 0.717) is 5.69 Å². The van der Waals surface area contributed by atoms with E-state index in [1.54, 1.807) is 0 Å². The molecule has 1 aromatic rings. The normalized spacial score (nSPS) is 22.3. The second-order valence-corrected chi connectivity index (χ2v) is 5.23. The van der Waals surface area contributed by atoms with Gasteiger partial charge in [0.05, 0.1) is 11.4 Å². The number of aliphatic hydroxyl groups is 1. The molecule has 0 bridgehead atoms. The van der Waals surface area contributed by atoms with E-state index in [-0.39, 0.29) is 24.3 Å². The number of nitrogen functional groups attached to an aromatic ring is 1. The lowest BCUT2D eigenvalue weighted by Gasteiger charge is -2.32. The van der Waals surface area contributed by atoms with Gasteiger partial charge in [-0.3, -0.25) is 0 Å². The van der Waals surface area contributed by atoms with Crippen LogP contribution < -0.4 is 15.8 Å². The lowest BCUT2D eigenvalue weighted by Crippen LogP contribution is -2.34. The fourth-order valence-electron chi connectivity index (χ4n) is 2.70. The van der Waals surface area contributed by atoms with Crippen molar-refractivity contribution in [3.63, 3.8) is 0 Å². The Balaban J connectivity index is 2.18. The van der Waals surface area contributed by atoms with Crippen LogP contribution in [0.2, 0.25) is 0 Å². The highest BCUT2D eigenvalue weighted by Gasteiger charge is 2.25.